The molecular weight excluding hydrogens is 420 g/mol. The zero-order chi connectivity index (χ0) is 18.7. The quantitative estimate of drug-likeness (QED) is 0.719. The van der Waals surface area contributed by atoms with Crippen LogP contribution in [0.5, 0.6) is 0 Å². The number of imide groups is 1. The first-order valence-electron chi connectivity index (χ1n) is 7.69. The molecule has 1 N–H and O–H groups in total. The van der Waals surface area contributed by atoms with Crippen LogP contribution in [0.1, 0.15) is 15.9 Å². The number of esters is 1. The van der Waals surface area contributed by atoms with Gasteiger partial charge in [-0.2, -0.15) is 0 Å². The molecule has 1 aliphatic rings. The van der Waals surface area contributed by atoms with E-state index in [0.29, 0.717) is 11.1 Å². The summed E-state index contributed by atoms with van der Waals surface area (Å²) in [5.74, 6) is -0.776. The van der Waals surface area contributed by atoms with E-state index in [9.17, 15) is 14.4 Å². The van der Waals surface area contributed by atoms with Crippen LogP contribution in [0.25, 0.3) is 0 Å². The Bertz CT molecular complexity index is 857. The standard InChI is InChI=1S/C18H15BrN2O4S/c1-25-17(23)12-4-2-3-11(9-12)10-21-16(22)15(26-18(21)24)20-14-7-5-13(19)6-8-14/h2-9,15,20H,10H2,1H3. The predicted molar refractivity (Wildman–Crippen MR) is 103 cm³/mol. The summed E-state index contributed by atoms with van der Waals surface area (Å²) in [4.78, 5) is 37.6. The van der Waals surface area contributed by atoms with Gasteiger partial charge in [-0.25, -0.2) is 4.79 Å². The smallest absolute Gasteiger partial charge is 0.337 e. The highest BCUT2D eigenvalue weighted by Crippen LogP contribution is 2.30. The summed E-state index contributed by atoms with van der Waals surface area (Å²) in [6.07, 6.45) is 0. The molecule has 1 fully saturated rings. The predicted octanol–water partition coefficient (Wildman–Crippen LogP) is 3.87. The Morgan fingerprint density at radius 2 is 1.96 bits per heavy atom. The van der Waals surface area contributed by atoms with Crippen LogP contribution in [-0.2, 0) is 16.1 Å². The number of ether oxygens (including phenoxy) is 1. The van der Waals surface area contributed by atoms with Crippen molar-refractivity contribution < 1.29 is 19.1 Å². The largest absolute Gasteiger partial charge is 0.465 e. The Morgan fingerprint density at radius 1 is 1.23 bits per heavy atom. The molecule has 2 aromatic rings. The van der Waals surface area contributed by atoms with E-state index in [2.05, 4.69) is 21.2 Å². The Labute approximate surface area is 163 Å². The summed E-state index contributed by atoms with van der Waals surface area (Å²) in [5.41, 5.74) is 1.81. The molecule has 134 valence electrons. The van der Waals surface area contributed by atoms with Crippen LogP contribution in [0, 0.1) is 0 Å². The maximum absolute atomic E-state index is 12.6. The van der Waals surface area contributed by atoms with Gasteiger partial charge in [-0.1, -0.05) is 28.1 Å². The van der Waals surface area contributed by atoms with Crippen molar-refractivity contribution in [2.45, 2.75) is 11.9 Å². The lowest BCUT2D eigenvalue weighted by Crippen LogP contribution is -2.34. The number of nitrogens with zero attached hydrogens (tertiary/aromatic N) is 1. The van der Waals surface area contributed by atoms with Crippen molar-refractivity contribution >= 4 is 50.5 Å². The molecule has 0 bridgehead atoms. The van der Waals surface area contributed by atoms with E-state index < -0.39 is 11.3 Å². The number of methoxy groups -OCH3 is 1. The van der Waals surface area contributed by atoms with E-state index in [4.69, 9.17) is 4.74 Å². The Morgan fingerprint density at radius 3 is 2.65 bits per heavy atom. The van der Waals surface area contributed by atoms with E-state index >= 15 is 0 Å². The van der Waals surface area contributed by atoms with Crippen LogP contribution >= 0.6 is 27.7 Å². The van der Waals surface area contributed by atoms with Gasteiger partial charge in [0.1, 0.15) is 0 Å². The van der Waals surface area contributed by atoms with Gasteiger partial charge in [0.05, 0.1) is 19.2 Å². The highest BCUT2D eigenvalue weighted by Gasteiger charge is 2.39. The van der Waals surface area contributed by atoms with Crippen molar-refractivity contribution in [3.8, 4) is 0 Å². The van der Waals surface area contributed by atoms with Gasteiger partial charge in [0, 0.05) is 10.2 Å². The van der Waals surface area contributed by atoms with Gasteiger partial charge in [-0.05, 0) is 53.7 Å². The third kappa shape index (κ3) is 4.08. The maximum Gasteiger partial charge on any atom is 0.337 e. The number of halogens is 1. The van der Waals surface area contributed by atoms with Crippen LogP contribution in [0.2, 0.25) is 0 Å². The molecule has 1 saturated heterocycles. The molecule has 6 nitrogen and oxygen atoms in total. The number of hydrogen-bond acceptors (Lipinski definition) is 6. The summed E-state index contributed by atoms with van der Waals surface area (Å²) < 4.78 is 5.62. The average Bonchev–Trinajstić information content (AvgIpc) is 2.90. The number of benzene rings is 2. The summed E-state index contributed by atoms with van der Waals surface area (Å²) >= 11 is 4.29. The van der Waals surface area contributed by atoms with E-state index in [1.165, 1.54) is 12.0 Å². The number of carbonyl (C=O) groups is 3. The van der Waals surface area contributed by atoms with Gasteiger partial charge in [-0.3, -0.25) is 14.5 Å². The fourth-order valence-corrected chi connectivity index (χ4v) is 3.65. The van der Waals surface area contributed by atoms with Gasteiger partial charge in [0.25, 0.3) is 11.1 Å². The van der Waals surface area contributed by atoms with Gasteiger partial charge >= 0.3 is 5.97 Å². The normalized spacial score (nSPS) is 16.7. The average molecular weight is 435 g/mol. The van der Waals surface area contributed by atoms with Crippen LogP contribution in [0.4, 0.5) is 10.5 Å². The number of amides is 2. The second-order valence-corrected chi connectivity index (χ2v) is 7.50. The zero-order valence-corrected chi connectivity index (χ0v) is 16.2. The number of anilines is 1. The third-order valence-corrected chi connectivity index (χ3v) is 5.27. The van der Waals surface area contributed by atoms with Crippen LogP contribution < -0.4 is 5.32 Å². The second kappa shape index (κ2) is 7.92. The number of thioether (sulfide) groups is 1. The van der Waals surface area contributed by atoms with Gasteiger partial charge < -0.3 is 10.1 Å². The molecule has 0 aromatic heterocycles. The number of rotatable bonds is 5. The van der Waals surface area contributed by atoms with Crippen molar-refractivity contribution in [1.29, 1.82) is 0 Å². The Balaban J connectivity index is 1.71. The van der Waals surface area contributed by atoms with E-state index in [-0.39, 0.29) is 17.7 Å². The Hall–Kier alpha value is -2.32. The number of carbonyl (C=O) groups excluding carboxylic acids is 3. The molecule has 1 heterocycles. The fraction of sp³-hybridized carbons (Fsp3) is 0.167. The van der Waals surface area contributed by atoms with Crippen molar-refractivity contribution in [3.63, 3.8) is 0 Å². The number of hydrogen-bond donors (Lipinski definition) is 1. The molecule has 2 aromatic carbocycles. The summed E-state index contributed by atoms with van der Waals surface area (Å²) in [5, 5.41) is 2.06. The zero-order valence-electron chi connectivity index (χ0n) is 13.8. The fourth-order valence-electron chi connectivity index (χ4n) is 2.47. The van der Waals surface area contributed by atoms with Crippen LogP contribution in [-0.4, -0.2) is 34.5 Å². The minimum Gasteiger partial charge on any atom is -0.465 e. The van der Waals surface area contributed by atoms with Gasteiger partial charge in [0.2, 0.25) is 0 Å². The maximum atomic E-state index is 12.6. The first-order valence-corrected chi connectivity index (χ1v) is 9.36. The van der Waals surface area contributed by atoms with Crippen LogP contribution in [0.3, 0.4) is 0 Å². The highest BCUT2D eigenvalue weighted by molar-refractivity contribution is 9.10. The van der Waals surface area contributed by atoms with Gasteiger partial charge in [-0.15, -0.1) is 0 Å². The molecule has 8 heteroatoms. The summed E-state index contributed by atoms with van der Waals surface area (Å²) in [7, 11) is 1.30. The molecule has 0 radical (unpaired) electrons. The van der Waals surface area contributed by atoms with E-state index in [0.717, 1.165) is 21.9 Å². The third-order valence-electron chi connectivity index (χ3n) is 3.76. The topological polar surface area (TPSA) is 75.7 Å². The molecule has 1 unspecified atom stereocenters. The molecule has 0 aliphatic carbocycles. The lowest BCUT2D eigenvalue weighted by atomic mass is 10.1. The molecule has 1 aliphatic heterocycles. The molecule has 2 amide bonds. The van der Waals surface area contributed by atoms with Crippen LogP contribution in [0.15, 0.2) is 53.0 Å². The molecule has 1 atom stereocenters. The lowest BCUT2D eigenvalue weighted by Gasteiger charge is -2.15. The minimum absolute atomic E-state index is 0.105. The van der Waals surface area contributed by atoms with Crippen molar-refractivity contribution in [3.05, 3.63) is 64.1 Å². The monoisotopic (exact) mass is 434 g/mol. The second-order valence-electron chi connectivity index (χ2n) is 5.53. The van der Waals surface area contributed by atoms with E-state index in [1.54, 1.807) is 24.3 Å². The molecule has 0 spiro atoms. The summed E-state index contributed by atoms with van der Waals surface area (Å²) in [6, 6.07) is 14.0. The molecule has 0 saturated carbocycles. The van der Waals surface area contributed by atoms with Crippen molar-refractivity contribution in [1.82, 2.24) is 4.90 Å². The first kappa shape index (κ1) is 18.5. The van der Waals surface area contributed by atoms with E-state index in [1.807, 2.05) is 24.3 Å². The molecular formula is C18H15BrN2O4S. The molecule has 3 rings (SSSR count). The Kier molecular flexibility index (Phi) is 5.63. The lowest BCUT2D eigenvalue weighted by molar-refractivity contribution is -0.126. The highest BCUT2D eigenvalue weighted by atomic mass is 79.9. The van der Waals surface area contributed by atoms with Crippen molar-refractivity contribution in [2.24, 2.45) is 0 Å². The molecule has 26 heavy (non-hydrogen) atoms. The van der Waals surface area contributed by atoms with Gasteiger partial charge in [0.15, 0.2) is 5.37 Å². The SMILES string of the molecule is COC(=O)c1cccc(CN2C(=O)SC(Nc3ccc(Br)cc3)C2=O)c1. The summed E-state index contributed by atoms with van der Waals surface area (Å²) in [6.45, 7) is 0.105. The first-order chi connectivity index (χ1) is 12.5. The van der Waals surface area contributed by atoms with Crippen molar-refractivity contribution in [2.75, 3.05) is 12.4 Å². The minimum atomic E-state index is -0.674. The number of nitrogens with one attached hydrogen (secondary N) is 1.